The maximum Gasteiger partial charge on any atom is 0.258 e. The third-order valence-corrected chi connectivity index (χ3v) is 2.89. The van der Waals surface area contributed by atoms with E-state index in [1.165, 1.54) is 0 Å². The van der Waals surface area contributed by atoms with Gasteiger partial charge in [-0.1, -0.05) is 23.4 Å². The molecular weight excluding hydrogens is 254 g/mol. The molecule has 0 amide bonds. The third-order valence-electron chi connectivity index (χ3n) is 2.89. The minimum atomic E-state index is 0.303. The largest absolute Gasteiger partial charge is 0.334 e. The van der Waals surface area contributed by atoms with Gasteiger partial charge in [-0.15, -0.1) is 0 Å². The molecule has 20 heavy (non-hydrogen) atoms. The van der Waals surface area contributed by atoms with E-state index in [1.807, 2.05) is 43.6 Å². The van der Waals surface area contributed by atoms with E-state index < -0.39 is 0 Å². The fraction of sp³-hybridized carbons (Fsp3) is 0.143. The van der Waals surface area contributed by atoms with Gasteiger partial charge in [-0.2, -0.15) is 15.3 Å². The van der Waals surface area contributed by atoms with Crippen LogP contribution in [0.2, 0.25) is 0 Å². The van der Waals surface area contributed by atoms with Crippen molar-refractivity contribution in [2.45, 2.75) is 6.42 Å². The highest BCUT2D eigenvalue weighted by molar-refractivity contribution is 5.61. The summed E-state index contributed by atoms with van der Waals surface area (Å²) in [5.74, 6) is 0.837. The Balaban J connectivity index is 2.00. The smallest absolute Gasteiger partial charge is 0.258 e. The summed E-state index contributed by atoms with van der Waals surface area (Å²) in [6.07, 6.45) is 2.12. The molecule has 0 aliphatic rings. The number of aromatic nitrogens is 4. The molecule has 0 atom stereocenters. The van der Waals surface area contributed by atoms with Crippen LogP contribution < -0.4 is 0 Å². The van der Waals surface area contributed by atoms with Crippen molar-refractivity contribution in [3.63, 3.8) is 0 Å². The van der Waals surface area contributed by atoms with Crippen LogP contribution in [-0.2, 0) is 13.5 Å². The number of nitriles is 1. The van der Waals surface area contributed by atoms with Gasteiger partial charge in [0.25, 0.3) is 5.89 Å². The Bertz CT molecular complexity index is 781. The lowest BCUT2D eigenvalue weighted by molar-refractivity contribution is 0.431. The molecule has 0 unspecified atom stereocenters. The van der Waals surface area contributed by atoms with E-state index in [0.717, 1.165) is 11.1 Å². The number of benzene rings is 1. The molecule has 0 aliphatic heterocycles. The summed E-state index contributed by atoms with van der Waals surface area (Å²) in [6.45, 7) is 0. The topological polar surface area (TPSA) is 80.5 Å². The molecule has 6 nitrogen and oxygen atoms in total. The Morgan fingerprint density at radius 1 is 1.30 bits per heavy atom. The van der Waals surface area contributed by atoms with Gasteiger partial charge in [0.05, 0.1) is 12.5 Å². The molecule has 6 heteroatoms. The zero-order valence-electron chi connectivity index (χ0n) is 10.8. The van der Waals surface area contributed by atoms with E-state index in [4.69, 9.17) is 9.78 Å². The first-order valence-electron chi connectivity index (χ1n) is 6.07. The van der Waals surface area contributed by atoms with Crippen LogP contribution in [0.1, 0.15) is 5.56 Å². The molecule has 1 aromatic carbocycles. The average Bonchev–Trinajstić information content (AvgIpc) is 3.08. The van der Waals surface area contributed by atoms with Crippen molar-refractivity contribution in [1.82, 2.24) is 19.9 Å². The highest BCUT2D eigenvalue weighted by atomic mass is 16.5. The first kappa shape index (κ1) is 12.1. The number of nitrogens with zero attached hydrogens (tertiary/aromatic N) is 5. The van der Waals surface area contributed by atoms with Crippen LogP contribution in [-0.4, -0.2) is 19.9 Å². The Morgan fingerprint density at radius 2 is 2.15 bits per heavy atom. The second kappa shape index (κ2) is 4.97. The van der Waals surface area contributed by atoms with Crippen LogP contribution in [0, 0.1) is 11.3 Å². The fourth-order valence-electron chi connectivity index (χ4n) is 1.94. The van der Waals surface area contributed by atoms with Crippen LogP contribution in [0.4, 0.5) is 0 Å². The van der Waals surface area contributed by atoms with Gasteiger partial charge in [0.2, 0.25) is 5.82 Å². The molecular formula is C14H11N5O. The first-order chi connectivity index (χ1) is 9.78. The summed E-state index contributed by atoms with van der Waals surface area (Å²) in [5.41, 5.74) is 2.30. The molecule has 0 radical (unpaired) electrons. The van der Waals surface area contributed by atoms with Crippen LogP contribution in [0.3, 0.4) is 0 Å². The molecule has 3 aromatic rings. The lowest BCUT2D eigenvalue weighted by Crippen LogP contribution is -1.90. The molecule has 0 bridgehead atoms. The molecule has 0 fully saturated rings. The summed E-state index contributed by atoms with van der Waals surface area (Å²) in [7, 11) is 1.83. The van der Waals surface area contributed by atoms with Crippen molar-refractivity contribution in [2.24, 2.45) is 7.05 Å². The molecule has 0 aliphatic carbocycles. The quantitative estimate of drug-likeness (QED) is 0.725. The van der Waals surface area contributed by atoms with Crippen LogP contribution in [0.15, 0.2) is 41.1 Å². The van der Waals surface area contributed by atoms with E-state index in [-0.39, 0.29) is 0 Å². The Labute approximate surface area is 115 Å². The zero-order chi connectivity index (χ0) is 13.9. The Hall–Kier alpha value is -2.94. The van der Waals surface area contributed by atoms with Crippen molar-refractivity contribution >= 4 is 0 Å². The Morgan fingerprint density at radius 3 is 2.90 bits per heavy atom. The number of hydrogen-bond donors (Lipinski definition) is 0. The highest BCUT2D eigenvalue weighted by Crippen LogP contribution is 2.24. The van der Waals surface area contributed by atoms with E-state index in [1.54, 1.807) is 4.68 Å². The average molecular weight is 265 g/mol. The summed E-state index contributed by atoms with van der Waals surface area (Å²) >= 11 is 0. The SMILES string of the molecule is Cn1ccc(-c2noc(-c3ccccc3CC#N)n2)n1. The standard InChI is InChI=1S/C14H11N5O/c1-19-9-7-12(17-19)13-16-14(20-18-13)11-5-3-2-4-10(11)6-8-15/h2-5,7,9H,6H2,1H3. The van der Waals surface area contributed by atoms with Crippen molar-refractivity contribution < 1.29 is 4.52 Å². The molecule has 98 valence electrons. The summed E-state index contributed by atoms with van der Waals surface area (Å²) in [4.78, 5) is 4.34. The minimum Gasteiger partial charge on any atom is -0.334 e. The molecule has 0 saturated heterocycles. The van der Waals surface area contributed by atoms with Gasteiger partial charge in [0.1, 0.15) is 5.69 Å². The maximum absolute atomic E-state index is 8.85. The summed E-state index contributed by atoms with van der Waals surface area (Å²) < 4.78 is 6.96. The van der Waals surface area contributed by atoms with E-state index in [9.17, 15) is 0 Å². The maximum atomic E-state index is 8.85. The van der Waals surface area contributed by atoms with E-state index >= 15 is 0 Å². The van der Waals surface area contributed by atoms with Crippen molar-refractivity contribution in [1.29, 1.82) is 5.26 Å². The van der Waals surface area contributed by atoms with Crippen molar-refractivity contribution in [3.8, 4) is 29.0 Å². The molecule has 0 saturated carbocycles. The predicted molar refractivity (Wildman–Crippen MR) is 71.3 cm³/mol. The van der Waals surface area contributed by atoms with Crippen molar-refractivity contribution in [2.75, 3.05) is 0 Å². The van der Waals surface area contributed by atoms with Gasteiger partial charge in [-0.3, -0.25) is 4.68 Å². The molecule has 2 heterocycles. The Kier molecular flexibility index (Phi) is 3.01. The summed E-state index contributed by atoms with van der Waals surface area (Å²) in [5, 5.41) is 17.0. The van der Waals surface area contributed by atoms with Gasteiger partial charge in [-0.25, -0.2) is 0 Å². The first-order valence-corrected chi connectivity index (χ1v) is 6.07. The lowest BCUT2D eigenvalue weighted by Gasteiger charge is -2.00. The molecule has 0 spiro atoms. The van der Waals surface area contributed by atoms with Crippen LogP contribution >= 0.6 is 0 Å². The van der Waals surface area contributed by atoms with Crippen molar-refractivity contribution in [3.05, 3.63) is 42.1 Å². The van der Waals surface area contributed by atoms with Crippen LogP contribution in [0.5, 0.6) is 0 Å². The van der Waals surface area contributed by atoms with Gasteiger partial charge in [0, 0.05) is 18.8 Å². The fourth-order valence-corrected chi connectivity index (χ4v) is 1.94. The molecule has 3 rings (SSSR count). The van der Waals surface area contributed by atoms with Gasteiger partial charge in [0.15, 0.2) is 0 Å². The van der Waals surface area contributed by atoms with Gasteiger partial charge >= 0.3 is 0 Å². The zero-order valence-corrected chi connectivity index (χ0v) is 10.8. The minimum absolute atomic E-state index is 0.303. The number of rotatable bonds is 3. The molecule has 0 N–H and O–H groups in total. The second-order valence-corrected chi connectivity index (χ2v) is 4.29. The normalized spacial score (nSPS) is 10.4. The third kappa shape index (κ3) is 2.17. The second-order valence-electron chi connectivity index (χ2n) is 4.29. The van der Waals surface area contributed by atoms with E-state index in [2.05, 4.69) is 21.3 Å². The predicted octanol–water partition coefficient (Wildman–Crippen LogP) is 2.20. The van der Waals surface area contributed by atoms with Gasteiger partial charge < -0.3 is 4.52 Å². The highest BCUT2D eigenvalue weighted by Gasteiger charge is 2.14. The van der Waals surface area contributed by atoms with Gasteiger partial charge in [-0.05, 0) is 17.7 Å². The lowest BCUT2D eigenvalue weighted by atomic mass is 10.1. The number of aryl methyl sites for hydroxylation is 1. The van der Waals surface area contributed by atoms with Crippen LogP contribution in [0.25, 0.3) is 23.0 Å². The summed E-state index contributed by atoms with van der Waals surface area (Å²) in [6, 6.07) is 11.4. The molecule has 2 aromatic heterocycles. The number of hydrogen-bond acceptors (Lipinski definition) is 5. The van der Waals surface area contributed by atoms with E-state index in [0.29, 0.717) is 23.8 Å². The monoisotopic (exact) mass is 265 g/mol.